The van der Waals surface area contributed by atoms with Crippen molar-refractivity contribution in [3.05, 3.63) is 17.1 Å². The lowest BCUT2D eigenvalue weighted by Gasteiger charge is -2.15. The molecule has 14 heavy (non-hydrogen) atoms. The van der Waals surface area contributed by atoms with Crippen LogP contribution in [-0.4, -0.2) is 17.1 Å². The van der Waals surface area contributed by atoms with Gasteiger partial charge in [-0.05, 0) is 26.7 Å². The van der Waals surface area contributed by atoms with Crippen LogP contribution >= 0.6 is 0 Å². The predicted octanol–water partition coefficient (Wildman–Crippen LogP) is 1.05. The van der Waals surface area contributed by atoms with E-state index in [2.05, 4.69) is 9.97 Å². The zero-order chi connectivity index (χ0) is 10.3. The summed E-state index contributed by atoms with van der Waals surface area (Å²) in [6, 6.07) is 0. The van der Waals surface area contributed by atoms with Gasteiger partial charge in [-0.15, -0.1) is 0 Å². The van der Waals surface area contributed by atoms with Crippen LogP contribution < -0.4 is 10.5 Å². The van der Waals surface area contributed by atoms with Gasteiger partial charge >= 0.3 is 0 Å². The molecule has 0 radical (unpaired) electrons. The number of nitrogens with zero attached hydrogens (tertiary/aromatic N) is 2. The van der Waals surface area contributed by atoms with Gasteiger partial charge in [0.15, 0.2) is 0 Å². The fourth-order valence-corrected chi connectivity index (χ4v) is 1.79. The van der Waals surface area contributed by atoms with Gasteiger partial charge in [0, 0.05) is 11.2 Å². The van der Waals surface area contributed by atoms with Crippen LogP contribution in [0.3, 0.4) is 0 Å². The van der Waals surface area contributed by atoms with Crippen molar-refractivity contribution in [1.29, 1.82) is 0 Å². The first-order valence-electron chi connectivity index (χ1n) is 4.75. The maximum atomic E-state index is 6.14. The van der Waals surface area contributed by atoms with E-state index in [1.165, 1.54) is 0 Å². The van der Waals surface area contributed by atoms with E-state index in [1.54, 1.807) is 7.11 Å². The number of rotatable bonds is 2. The Bertz CT molecular complexity index is 372. The van der Waals surface area contributed by atoms with Crippen molar-refractivity contribution in [2.24, 2.45) is 5.73 Å². The third kappa shape index (κ3) is 1.35. The van der Waals surface area contributed by atoms with Gasteiger partial charge in [-0.2, -0.15) is 4.98 Å². The molecule has 0 amide bonds. The molecule has 1 aliphatic carbocycles. The second kappa shape index (κ2) is 2.92. The van der Waals surface area contributed by atoms with Crippen molar-refractivity contribution in [2.75, 3.05) is 7.11 Å². The van der Waals surface area contributed by atoms with Crippen molar-refractivity contribution < 1.29 is 4.74 Å². The Kier molecular flexibility index (Phi) is 1.96. The topological polar surface area (TPSA) is 61.0 Å². The highest BCUT2D eigenvalue weighted by molar-refractivity contribution is 5.40. The molecule has 0 aromatic carbocycles. The molecule has 1 aliphatic rings. The lowest BCUT2D eigenvalue weighted by molar-refractivity contribution is 0.383. The Labute approximate surface area is 83.5 Å². The summed E-state index contributed by atoms with van der Waals surface area (Å²) in [5, 5.41) is 0. The first kappa shape index (κ1) is 9.40. The minimum Gasteiger partial charge on any atom is -0.481 e. The van der Waals surface area contributed by atoms with Crippen molar-refractivity contribution in [2.45, 2.75) is 32.2 Å². The van der Waals surface area contributed by atoms with Gasteiger partial charge in [0.25, 0.3) is 0 Å². The molecule has 2 rings (SSSR count). The summed E-state index contributed by atoms with van der Waals surface area (Å²) in [5.41, 5.74) is 7.82. The van der Waals surface area contributed by atoms with Gasteiger partial charge in [0.05, 0.1) is 12.7 Å². The molecule has 0 spiro atoms. The van der Waals surface area contributed by atoms with Crippen LogP contribution in [0.4, 0.5) is 0 Å². The Morgan fingerprint density at radius 1 is 1.29 bits per heavy atom. The number of ether oxygens (including phenoxy) is 1. The third-order valence-corrected chi connectivity index (χ3v) is 2.65. The van der Waals surface area contributed by atoms with Gasteiger partial charge in [-0.1, -0.05) is 0 Å². The molecule has 4 heteroatoms. The van der Waals surface area contributed by atoms with Crippen LogP contribution in [0.1, 0.15) is 29.9 Å². The van der Waals surface area contributed by atoms with Crippen molar-refractivity contribution in [3.8, 4) is 5.88 Å². The minimum absolute atomic E-state index is 0.233. The van der Waals surface area contributed by atoms with E-state index in [0.29, 0.717) is 5.88 Å². The molecule has 1 fully saturated rings. The van der Waals surface area contributed by atoms with Crippen molar-refractivity contribution in [1.82, 2.24) is 9.97 Å². The number of aryl methyl sites for hydroxylation is 2. The summed E-state index contributed by atoms with van der Waals surface area (Å²) in [5.74, 6) is 1.36. The zero-order valence-electron chi connectivity index (χ0n) is 8.79. The summed E-state index contributed by atoms with van der Waals surface area (Å²) in [4.78, 5) is 8.56. The van der Waals surface area contributed by atoms with Gasteiger partial charge in [0.1, 0.15) is 5.82 Å². The summed E-state index contributed by atoms with van der Waals surface area (Å²) < 4.78 is 5.24. The van der Waals surface area contributed by atoms with E-state index in [-0.39, 0.29) is 5.54 Å². The molecule has 0 saturated heterocycles. The van der Waals surface area contributed by atoms with E-state index in [9.17, 15) is 0 Å². The monoisotopic (exact) mass is 193 g/mol. The Balaban J connectivity index is 2.56. The normalized spacial score (nSPS) is 18.0. The number of methoxy groups -OCH3 is 1. The summed E-state index contributed by atoms with van der Waals surface area (Å²) in [6.07, 6.45) is 1.99. The van der Waals surface area contributed by atoms with Gasteiger partial charge in [0.2, 0.25) is 5.88 Å². The van der Waals surface area contributed by atoms with Crippen LogP contribution in [0, 0.1) is 13.8 Å². The van der Waals surface area contributed by atoms with Crippen LogP contribution in [0.15, 0.2) is 0 Å². The number of hydrogen-bond donors (Lipinski definition) is 1. The van der Waals surface area contributed by atoms with E-state index in [1.807, 2.05) is 13.8 Å². The first-order valence-corrected chi connectivity index (χ1v) is 4.75. The second-order valence-corrected chi connectivity index (χ2v) is 3.90. The lowest BCUT2D eigenvalue weighted by Crippen LogP contribution is -2.22. The molecule has 76 valence electrons. The Hall–Kier alpha value is -1.16. The molecule has 1 saturated carbocycles. The van der Waals surface area contributed by atoms with E-state index >= 15 is 0 Å². The molecule has 2 N–H and O–H groups in total. The number of hydrogen-bond acceptors (Lipinski definition) is 4. The zero-order valence-corrected chi connectivity index (χ0v) is 8.79. The van der Waals surface area contributed by atoms with Gasteiger partial charge in [-0.25, -0.2) is 4.98 Å². The highest BCUT2D eigenvalue weighted by Gasteiger charge is 2.44. The quantitative estimate of drug-likeness (QED) is 0.762. The maximum Gasteiger partial charge on any atom is 0.221 e. The van der Waals surface area contributed by atoms with E-state index in [4.69, 9.17) is 10.5 Å². The van der Waals surface area contributed by atoms with E-state index in [0.717, 1.165) is 29.9 Å². The molecule has 0 atom stereocenters. The fraction of sp³-hybridized carbons (Fsp3) is 0.600. The standard InChI is InChI=1S/C10H15N3O/c1-6-8(10(11)4-5-10)9(14-3)13-7(2)12-6/h4-5,11H2,1-3H3. The summed E-state index contributed by atoms with van der Waals surface area (Å²) in [6.45, 7) is 3.81. The summed E-state index contributed by atoms with van der Waals surface area (Å²) in [7, 11) is 1.62. The SMILES string of the molecule is COc1nc(C)nc(C)c1C1(N)CC1. The second-order valence-electron chi connectivity index (χ2n) is 3.90. The van der Waals surface area contributed by atoms with Gasteiger partial charge < -0.3 is 10.5 Å². The van der Waals surface area contributed by atoms with E-state index < -0.39 is 0 Å². The molecule has 1 aromatic heterocycles. The van der Waals surface area contributed by atoms with Gasteiger partial charge in [-0.3, -0.25) is 0 Å². The molecular weight excluding hydrogens is 178 g/mol. The number of aromatic nitrogens is 2. The molecule has 0 aliphatic heterocycles. The van der Waals surface area contributed by atoms with Crippen LogP contribution in [0.2, 0.25) is 0 Å². The Morgan fingerprint density at radius 2 is 1.93 bits per heavy atom. The van der Waals surface area contributed by atoms with Crippen LogP contribution in [0.25, 0.3) is 0 Å². The molecule has 1 heterocycles. The maximum absolute atomic E-state index is 6.14. The molecule has 0 bridgehead atoms. The first-order chi connectivity index (χ1) is 6.57. The molecule has 1 aromatic rings. The lowest BCUT2D eigenvalue weighted by atomic mass is 10.1. The third-order valence-electron chi connectivity index (χ3n) is 2.65. The molecule has 0 unspecified atom stereocenters. The fourth-order valence-electron chi connectivity index (χ4n) is 1.79. The van der Waals surface area contributed by atoms with Crippen LogP contribution in [-0.2, 0) is 5.54 Å². The smallest absolute Gasteiger partial charge is 0.221 e. The Morgan fingerprint density at radius 3 is 2.43 bits per heavy atom. The number of nitrogens with two attached hydrogens (primary N) is 1. The average molecular weight is 193 g/mol. The highest BCUT2D eigenvalue weighted by atomic mass is 16.5. The largest absolute Gasteiger partial charge is 0.481 e. The van der Waals surface area contributed by atoms with Crippen molar-refractivity contribution in [3.63, 3.8) is 0 Å². The molecule has 4 nitrogen and oxygen atoms in total. The minimum atomic E-state index is -0.233. The van der Waals surface area contributed by atoms with Crippen LogP contribution in [0.5, 0.6) is 5.88 Å². The molecular formula is C10H15N3O. The average Bonchev–Trinajstić information content (AvgIpc) is 2.82. The summed E-state index contributed by atoms with van der Waals surface area (Å²) >= 11 is 0. The highest BCUT2D eigenvalue weighted by Crippen LogP contribution is 2.46. The predicted molar refractivity (Wildman–Crippen MR) is 53.2 cm³/mol. The van der Waals surface area contributed by atoms with Crippen molar-refractivity contribution >= 4 is 0 Å².